The predicted molar refractivity (Wildman–Crippen MR) is 116 cm³/mol. The van der Waals surface area contributed by atoms with E-state index in [0.717, 1.165) is 22.9 Å². The fourth-order valence-corrected chi connectivity index (χ4v) is 3.95. The molecule has 2 aromatic carbocycles. The Morgan fingerprint density at radius 3 is 2.57 bits per heavy atom. The maximum atomic E-state index is 12.5. The molecular formula is C23H22N2O4S. The molecule has 1 heterocycles. The number of thioether (sulfide) groups is 1. The average Bonchev–Trinajstić information content (AvgIpc) is 3.01. The Hall–Kier alpha value is -3.24. The number of carbonyl (C=O) groups excluding carboxylic acids is 2. The minimum Gasteiger partial charge on any atom is -0.490 e. The molecule has 0 unspecified atom stereocenters. The summed E-state index contributed by atoms with van der Waals surface area (Å²) in [5.74, 6) is 0.784. The summed E-state index contributed by atoms with van der Waals surface area (Å²) in [6.07, 6.45) is 1.69. The molecular weight excluding hydrogens is 400 g/mol. The van der Waals surface area contributed by atoms with E-state index in [1.165, 1.54) is 4.90 Å². The first-order valence-corrected chi connectivity index (χ1v) is 10.4. The second-order valence-electron chi connectivity index (χ2n) is 6.84. The number of ether oxygens (including phenoxy) is 2. The molecule has 154 valence electrons. The molecule has 7 heteroatoms. The summed E-state index contributed by atoms with van der Waals surface area (Å²) in [6, 6.07) is 14.6. The van der Waals surface area contributed by atoms with Crippen LogP contribution >= 0.6 is 11.8 Å². The fourth-order valence-electron chi connectivity index (χ4n) is 2.99. The van der Waals surface area contributed by atoms with Crippen molar-refractivity contribution in [3.63, 3.8) is 0 Å². The molecule has 30 heavy (non-hydrogen) atoms. The van der Waals surface area contributed by atoms with Crippen molar-refractivity contribution >= 4 is 29.0 Å². The second-order valence-corrected chi connectivity index (χ2v) is 7.84. The molecule has 1 aliphatic heterocycles. The van der Waals surface area contributed by atoms with Crippen LogP contribution in [0, 0.1) is 11.3 Å². The molecule has 1 aliphatic rings. The molecule has 0 N–H and O–H groups in total. The van der Waals surface area contributed by atoms with Crippen molar-refractivity contribution in [1.29, 1.82) is 5.26 Å². The van der Waals surface area contributed by atoms with Gasteiger partial charge in [0.15, 0.2) is 11.5 Å². The van der Waals surface area contributed by atoms with Gasteiger partial charge in [-0.3, -0.25) is 14.5 Å². The van der Waals surface area contributed by atoms with Gasteiger partial charge in [-0.1, -0.05) is 24.3 Å². The fraction of sp³-hybridized carbons (Fsp3) is 0.261. The number of hydrogen-bond donors (Lipinski definition) is 0. The highest BCUT2D eigenvalue weighted by atomic mass is 32.2. The number of nitrogens with zero attached hydrogens (tertiary/aromatic N) is 2. The number of carbonyl (C=O) groups is 2. The highest BCUT2D eigenvalue weighted by Gasteiger charge is 2.36. The van der Waals surface area contributed by atoms with Gasteiger partial charge in [-0.15, -0.1) is 0 Å². The summed E-state index contributed by atoms with van der Waals surface area (Å²) in [6.45, 7) is 6.16. The zero-order chi connectivity index (χ0) is 21.7. The SMILES string of the molecule is CCOc1cc(/C=C2\SC(=O)N(C(C)C)C2=O)ccc1OCc1ccccc1C#N. The smallest absolute Gasteiger partial charge is 0.293 e. The third-order valence-electron chi connectivity index (χ3n) is 4.43. The van der Waals surface area contributed by atoms with Crippen molar-refractivity contribution in [3.05, 3.63) is 64.1 Å². The van der Waals surface area contributed by atoms with E-state index in [1.807, 2.05) is 39.0 Å². The lowest BCUT2D eigenvalue weighted by molar-refractivity contribution is -0.123. The molecule has 1 saturated heterocycles. The third-order valence-corrected chi connectivity index (χ3v) is 5.31. The molecule has 0 radical (unpaired) electrons. The number of amides is 2. The molecule has 1 fully saturated rings. The summed E-state index contributed by atoms with van der Waals surface area (Å²) in [5.41, 5.74) is 2.08. The van der Waals surface area contributed by atoms with E-state index in [-0.39, 0.29) is 23.8 Å². The number of imide groups is 1. The molecule has 6 nitrogen and oxygen atoms in total. The van der Waals surface area contributed by atoms with Crippen molar-refractivity contribution in [3.8, 4) is 17.6 Å². The van der Waals surface area contributed by atoms with Crippen LogP contribution in [0.1, 0.15) is 37.5 Å². The van der Waals surface area contributed by atoms with Gasteiger partial charge >= 0.3 is 0 Å². The Morgan fingerprint density at radius 2 is 1.90 bits per heavy atom. The van der Waals surface area contributed by atoms with Crippen LogP contribution < -0.4 is 9.47 Å². The van der Waals surface area contributed by atoms with E-state index in [4.69, 9.17) is 9.47 Å². The summed E-state index contributed by atoms with van der Waals surface area (Å²) in [5, 5.41) is 8.96. The highest BCUT2D eigenvalue weighted by molar-refractivity contribution is 8.18. The molecule has 0 atom stereocenters. The van der Waals surface area contributed by atoms with Crippen LogP contribution in [0.25, 0.3) is 6.08 Å². The number of rotatable bonds is 7. The first-order chi connectivity index (χ1) is 14.4. The van der Waals surface area contributed by atoms with E-state index in [0.29, 0.717) is 28.6 Å². The van der Waals surface area contributed by atoms with Gasteiger partial charge in [0.2, 0.25) is 0 Å². The topological polar surface area (TPSA) is 79.6 Å². The summed E-state index contributed by atoms with van der Waals surface area (Å²) < 4.78 is 11.6. The van der Waals surface area contributed by atoms with Crippen LogP contribution in [0.5, 0.6) is 11.5 Å². The van der Waals surface area contributed by atoms with E-state index in [2.05, 4.69) is 6.07 Å². The number of benzene rings is 2. The first kappa shape index (κ1) is 21.5. The van der Waals surface area contributed by atoms with Gasteiger partial charge in [0, 0.05) is 11.6 Å². The highest BCUT2D eigenvalue weighted by Crippen LogP contribution is 2.35. The Balaban J connectivity index is 1.83. The zero-order valence-electron chi connectivity index (χ0n) is 17.0. The Kier molecular flexibility index (Phi) is 6.80. The van der Waals surface area contributed by atoms with E-state index < -0.39 is 0 Å². The lowest BCUT2D eigenvalue weighted by Crippen LogP contribution is -2.34. The number of nitriles is 1. The second kappa shape index (κ2) is 9.51. The van der Waals surface area contributed by atoms with Crippen LogP contribution in [-0.2, 0) is 11.4 Å². The van der Waals surface area contributed by atoms with Crippen LogP contribution in [0.2, 0.25) is 0 Å². The normalized spacial score (nSPS) is 15.0. The monoisotopic (exact) mass is 422 g/mol. The van der Waals surface area contributed by atoms with Crippen LogP contribution in [0.3, 0.4) is 0 Å². The predicted octanol–water partition coefficient (Wildman–Crippen LogP) is 4.98. The van der Waals surface area contributed by atoms with Gasteiger partial charge < -0.3 is 9.47 Å². The minimum absolute atomic E-state index is 0.186. The van der Waals surface area contributed by atoms with Crippen molar-refractivity contribution in [2.24, 2.45) is 0 Å². The number of hydrogen-bond acceptors (Lipinski definition) is 6. The Morgan fingerprint density at radius 1 is 1.13 bits per heavy atom. The molecule has 0 aliphatic carbocycles. The minimum atomic E-state index is -0.286. The van der Waals surface area contributed by atoms with Crippen LogP contribution in [0.4, 0.5) is 4.79 Å². The standard InChI is InChI=1S/C23H22N2O4S/c1-4-28-20-11-16(12-21-22(26)25(15(2)3)23(27)30-21)9-10-19(20)29-14-18-8-6-5-7-17(18)13-24/h5-12,15H,4,14H2,1-3H3/b21-12-. The maximum Gasteiger partial charge on any atom is 0.293 e. The summed E-state index contributed by atoms with van der Waals surface area (Å²) in [4.78, 5) is 26.2. The lowest BCUT2D eigenvalue weighted by atomic mass is 10.1. The van der Waals surface area contributed by atoms with Gasteiger partial charge in [0.05, 0.1) is 23.1 Å². The Labute approximate surface area is 180 Å². The van der Waals surface area contributed by atoms with Gasteiger partial charge in [0.25, 0.3) is 11.1 Å². The molecule has 0 spiro atoms. The van der Waals surface area contributed by atoms with Gasteiger partial charge in [-0.25, -0.2) is 0 Å². The molecule has 3 rings (SSSR count). The summed E-state index contributed by atoms with van der Waals surface area (Å²) >= 11 is 0.936. The average molecular weight is 423 g/mol. The van der Waals surface area contributed by atoms with Crippen molar-refractivity contribution < 1.29 is 19.1 Å². The van der Waals surface area contributed by atoms with Gasteiger partial charge in [-0.05, 0) is 62.4 Å². The molecule has 0 saturated carbocycles. The van der Waals surface area contributed by atoms with E-state index >= 15 is 0 Å². The molecule has 2 amide bonds. The Bertz CT molecular complexity index is 1040. The quantitative estimate of drug-likeness (QED) is 0.586. The van der Waals surface area contributed by atoms with Crippen molar-refractivity contribution in [2.75, 3.05) is 6.61 Å². The van der Waals surface area contributed by atoms with E-state index in [9.17, 15) is 14.9 Å². The lowest BCUT2D eigenvalue weighted by Gasteiger charge is -2.16. The molecule has 2 aromatic rings. The van der Waals surface area contributed by atoms with Crippen molar-refractivity contribution in [1.82, 2.24) is 4.90 Å². The first-order valence-electron chi connectivity index (χ1n) is 9.59. The van der Waals surface area contributed by atoms with Crippen LogP contribution in [0.15, 0.2) is 47.4 Å². The largest absolute Gasteiger partial charge is 0.490 e. The van der Waals surface area contributed by atoms with E-state index in [1.54, 1.807) is 30.3 Å². The zero-order valence-corrected chi connectivity index (χ0v) is 17.9. The van der Waals surface area contributed by atoms with Crippen molar-refractivity contribution in [2.45, 2.75) is 33.4 Å². The van der Waals surface area contributed by atoms with Gasteiger partial charge in [-0.2, -0.15) is 5.26 Å². The van der Waals surface area contributed by atoms with Gasteiger partial charge in [0.1, 0.15) is 6.61 Å². The maximum absolute atomic E-state index is 12.5. The molecule has 0 aromatic heterocycles. The third kappa shape index (κ3) is 4.66. The van der Waals surface area contributed by atoms with Crippen LogP contribution in [-0.4, -0.2) is 28.7 Å². The molecule has 0 bridgehead atoms. The summed E-state index contributed by atoms with van der Waals surface area (Å²) in [7, 11) is 0.